The topological polar surface area (TPSA) is 61.4 Å². The Balaban J connectivity index is 1.28. The van der Waals surface area contributed by atoms with Crippen molar-refractivity contribution in [2.45, 2.75) is 38.0 Å². The SMILES string of the molecule is O=C(CNC(=O)C(c1ccccc1)C1CC1)Nc1ccc(N2CCCCC2)cc1. The van der Waals surface area contributed by atoms with E-state index in [1.807, 2.05) is 42.5 Å². The largest absolute Gasteiger partial charge is 0.372 e. The van der Waals surface area contributed by atoms with E-state index in [1.165, 1.54) is 24.9 Å². The minimum atomic E-state index is -0.202. The molecule has 2 fully saturated rings. The minimum Gasteiger partial charge on any atom is -0.372 e. The summed E-state index contributed by atoms with van der Waals surface area (Å²) in [5.74, 6) is -0.0309. The first-order chi connectivity index (χ1) is 14.2. The Kier molecular flexibility index (Phi) is 6.13. The molecule has 1 atom stereocenters. The highest BCUT2D eigenvalue weighted by Crippen LogP contribution is 2.42. The van der Waals surface area contributed by atoms with Crippen LogP contribution in [-0.2, 0) is 9.59 Å². The zero-order chi connectivity index (χ0) is 20.1. The number of benzene rings is 2. The number of nitrogens with one attached hydrogen (secondary N) is 2. The van der Waals surface area contributed by atoms with Gasteiger partial charge >= 0.3 is 0 Å². The van der Waals surface area contributed by atoms with Gasteiger partial charge in [-0.05, 0) is 67.9 Å². The van der Waals surface area contributed by atoms with Crippen molar-refractivity contribution in [3.8, 4) is 0 Å². The average molecular weight is 392 g/mol. The molecule has 5 heteroatoms. The summed E-state index contributed by atoms with van der Waals surface area (Å²) < 4.78 is 0. The second-order valence-corrected chi connectivity index (χ2v) is 8.09. The van der Waals surface area contributed by atoms with Crippen LogP contribution in [0.25, 0.3) is 0 Å². The van der Waals surface area contributed by atoms with Crippen LogP contribution < -0.4 is 15.5 Å². The van der Waals surface area contributed by atoms with Gasteiger partial charge in [-0.15, -0.1) is 0 Å². The quantitative estimate of drug-likeness (QED) is 0.752. The lowest BCUT2D eigenvalue weighted by Crippen LogP contribution is -2.36. The van der Waals surface area contributed by atoms with Crippen LogP contribution in [0.2, 0.25) is 0 Å². The highest BCUT2D eigenvalue weighted by atomic mass is 16.2. The molecule has 0 radical (unpaired) electrons. The van der Waals surface area contributed by atoms with Gasteiger partial charge in [0.1, 0.15) is 0 Å². The molecule has 0 spiro atoms. The molecule has 1 aliphatic heterocycles. The van der Waals surface area contributed by atoms with E-state index in [4.69, 9.17) is 0 Å². The van der Waals surface area contributed by atoms with Crippen LogP contribution in [0.5, 0.6) is 0 Å². The normalized spacial score (nSPS) is 17.4. The molecule has 29 heavy (non-hydrogen) atoms. The first kappa shape index (κ1) is 19.5. The summed E-state index contributed by atoms with van der Waals surface area (Å²) in [6.45, 7) is 2.19. The molecule has 2 aliphatic rings. The van der Waals surface area contributed by atoms with Gasteiger partial charge < -0.3 is 15.5 Å². The van der Waals surface area contributed by atoms with Gasteiger partial charge in [0.25, 0.3) is 0 Å². The number of hydrogen-bond donors (Lipinski definition) is 2. The van der Waals surface area contributed by atoms with E-state index in [2.05, 4.69) is 27.7 Å². The molecule has 0 bridgehead atoms. The summed E-state index contributed by atoms with van der Waals surface area (Å²) in [5, 5.41) is 5.71. The van der Waals surface area contributed by atoms with Gasteiger partial charge in [0, 0.05) is 24.5 Å². The maximum Gasteiger partial charge on any atom is 0.243 e. The van der Waals surface area contributed by atoms with E-state index < -0.39 is 0 Å². The Bertz CT molecular complexity index is 825. The Hall–Kier alpha value is -2.82. The van der Waals surface area contributed by atoms with E-state index in [-0.39, 0.29) is 24.3 Å². The second-order valence-electron chi connectivity index (χ2n) is 8.09. The standard InChI is InChI=1S/C24H29N3O2/c28-22(26-20-11-13-21(14-12-20)27-15-5-2-6-16-27)17-25-24(29)23(19-9-10-19)18-7-3-1-4-8-18/h1,3-4,7-8,11-14,19,23H,2,5-6,9-10,15-17H2,(H,25,29)(H,26,28). The molecule has 1 saturated heterocycles. The third-order valence-electron chi connectivity index (χ3n) is 5.83. The molecule has 1 unspecified atom stereocenters. The zero-order valence-electron chi connectivity index (χ0n) is 16.8. The van der Waals surface area contributed by atoms with Crippen molar-refractivity contribution in [1.29, 1.82) is 0 Å². The van der Waals surface area contributed by atoms with Crippen LogP contribution in [0.1, 0.15) is 43.6 Å². The van der Waals surface area contributed by atoms with Gasteiger partial charge in [-0.2, -0.15) is 0 Å². The Labute approximate surface area is 172 Å². The number of carbonyl (C=O) groups is 2. The minimum absolute atomic E-state index is 0.0111. The summed E-state index contributed by atoms with van der Waals surface area (Å²) in [4.78, 5) is 27.4. The van der Waals surface area contributed by atoms with Crippen molar-refractivity contribution >= 4 is 23.2 Å². The molecule has 2 aromatic rings. The Morgan fingerprint density at radius 1 is 0.931 bits per heavy atom. The molecule has 1 saturated carbocycles. The number of nitrogens with zero attached hydrogens (tertiary/aromatic N) is 1. The highest BCUT2D eigenvalue weighted by Gasteiger charge is 2.37. The molecule has 1 heterocycles. The van der Waals surface area contributed by atoms with Gasteiger partial charge in [-0.3, -0.25) is 9.59 Å². The lowest BCUT2D eigenvalue weighted by atomic mass is 9.93. The van der Waals surface area contributed by atoms with Gasteiger partial charge in [0.2, 0.25) is 11.8 Å². The van der Waals surface area contributed by atoms with Crippen LogP contribution in [-0.4, -0.2) is 31.4 Å². The molecule has 1 aliphatic carbocycles. The van der Waals surface area contributed by atoms with Crippen molar-refractivity contribution in [3.63, 3.8) is 0 Å². The summed E-state index contributed by atoms with van der Waals surface area (Å²) >= 11 is 0. The number of rotatable bonds is 7. The van der Waals surface area contributed by atoms with Crippen molar-refractivity contribution in [1.82, 2.24) is 5.32 Å². The highest BCUT2D eigenvalue weighted by molar-refractivity contribution is 5.95. The number of carbonyl (C=O) groups excluding carboxylic acids is 2. The fourth-order valence-electron chi connectivity index (χ4n) is 4.12. The van der Waals surface area contributed by atoms with Crippen LogP contribution in [0, 0.1) is 5.92 Å². The molecular formula is C24H29N3O2. The lowest BCUT2D eigenvalue weighted by Gasteiger charge is -2.28. The molecule has 2 amide bonds. The molecular weight excluding hydrogens is 362 g/mol. The van der Waals surface area contributed by atoms with Crippen molar-refractivity contribution in [2.24, 2.45) is 5.92 Å². The maximum absolute atomic E-state index is 12.7. The Morgan fingerprint density at radius 3 is 2.28 bits per heavy atom. The van der Waals surface area contributed by atoms with Gasteiger partial charge in [-0.1, -0.05) is 30.3 Å². The zero-order valence-corrected chi connectivity index (χ0v) is 16.8. The number of hydrogen-bond acceptors (Lipinski definition) is 3. The molecule has 5 nitrogen and oxygen atoms in total. The van der Waals surface area contributed by atoms with Crippen LogP contribution in [0.15, 0.2) is 54.6 Å². The maximum atomic E-state index is 12.7. The van der Waals surface area contributed by atoms with Crippen molar-refractivity contribution in [2.75, 3.05) is 29.9 Å². The van der Waals surface area contributed by atoms with Crippen molar-refractivity contribution < 1.29 is 9.59 Å². The van der Waals surface area contributed by atoms with E-state index in [0.717, 1.165) is 37.2 Å². The summed E-state index contributed by atoms with van der Waals surface area (Å²) in [5.41, 5.74) is 2.99. The number of anilines is 2. The van der Waals surface area contributed by atoms with Crippen LogP contribution in [0.3, 0.4) is 0 Å². The molecule has 4 rings (SSSR count). The predicted octanol–water partition coefficient (Wildman–Crippen LogP) is 3.93. The summed E-state index contributed by atoms with van der Waals surface area (Å²) in [6.07, 6.45) is 5.93. The van der Waals surface area contributed by atoms with Gasteiger partial charge in [0.05, 0.1) is 12.5 Å². The van der Waals surface area contributed by atoms with Crippen LogP contribution >= 0.6 is 0 Å². The summed E-state index contributed by atoms with van der Waals surface area (Å²) in [6, 6.07) is 17.8. The van der Waals surface area contributed by atoms with Crippen molar-refractivity contribution in [3.05, 3.63) is 60.2 Å². The molecule has 2 N–H and O–H groups in total. The van der Waals surface area contributed by atoms with Gasteiger partial charge in [-0.25, -0.2) is 0 Å². The van der Waals surface area contributed by atoms with E-state index >= 15 is 0 Å². The number of piperidine rings is 1. The van der Waals surface area contributed by atoms with Gasteiger partial charge in [0.15, 0.2) is 0 Å². The van der Waals surface area contributed by atoms with E-state index in [9.17, 15) is 9.59 Å². The van der Waals surface area contributed by atoms with Crippen LogP contribution in [0.4, 0.5) is 11.4 Å². The third-order valence-corrected chi connectivity index (χ3v) is 5.83. The molecule has 0 aromatic heterocycles. The number of amides is 2. The second kappa shape index (κ2) is 9.12. The third kappa shape index (κ3) is 5.17. The Morgan fingerprint density at radius 2 is 1.62 bits per heavy atom. The fraction of sp³-hybridized carbons (Fsp3) is 0.417. The first-order valence-electron chi connectivity index (χ1n) is 10.7. The predicted molar refractivity (Wildman–Crippen MR) is 116 cm³/mol. The monoisotopic (exact) mass is 391 g/mol. The fourth-order valence-corrected chi connectivity index (χ4v) is 4.12. The summed E-state index contributed by atoms with van der Waals surface area (Å²) in [7, 11) is 0. The van der Waals surface area contributed by atoms with E-state index in [0.29, 0.717) is 5.92 Å². The lowest BCUT2D eigenvalue weighted by molar-refractivity contribution is -0.125. The molecule has 152 valence electrons. The first-order valence-corrected chi connectivity index (χ1v) is 10.7. The average Bonchev–Trinajstić information content (AvgIpc) is 3.59. The van der Waals surface area contributed by atoms with E-state index in [1.54, 1.807) is 0 Å². The molecule has 2 aromatic carbocycles. The smallest absolute Gasteiger partial charge is 0.243 e.